The van der Waals surface area contributed by atoms with Gasteiger partial charge in [-0.1, -0.05) is 12.1 Å². The Balaban J connectivity index is 1.79. The fraction of sp³-hybridized carbons (Fsp3) is 0.176. The summed E-state index contributed by atoms with van der Waals surface area (Å²) in [5.41, 5.74) is 7.13. The van der Waals surface area contributed by atoms with Crippen molar-refractivity contribution in [3.63, 3.8) is 0 Å². The molecule has 0 spiro atoms. The molecule has 2 heterocycles. The lowest BCUT2D eigenvalue weighted by Crippen LogP contribution is -2.42. The van der Waals surface area contributed by atoms with Gasteiger partial charge in [-0.2, -0.15) is 0 Å². The zero-order chi connectivity index (χ0) is 18.0. The molecule has 1 aromatic carbocycles. The molecule has 1 unspecified atom stereocenters. The Kier molecular flexibility index (Phi) is 4.42. The maximum absolute atomic E-state index is 12.9. The van der Waals surface area contributed by atoms with Gasteiger partial charge in [0.15, 0.2) is 5.96 Å². The van der Waals surface area contributed by atoms with E-state index in [2.05, 4.69) is 15.3 Å². The summed E-state index contributed by atoms with van der Waals surface area (Å²) >= 11 is 0. The van der Waals surface area contributed by atoms with Crippen LogP contribution < -0.4 is 11.1 Å². The molecule has 8 heteroatoms. The Morgan fingerprint density at radius 3 is 2.84 bits per heavy atom. The van der Waals surface area contributed by atoms with Crippen LogP contribution in [0, 0.1) is 5.82 Å². The minimum Gasteiger partial charge on any atom is -0.369 e. The lowest BCUT2D eigenvalue weighted by atomic mass is 10.0. The average molecular weight is 341 g/mol. The molecule has 1 aromatic heterocycles. The van der Waals surface area contributed by atoms with E-state index in [1.807, 2.05) is 6.07 Å². The van der Waals surface area contributed by atoms with Crippen LogP contribution in [0.3, 0.4) is 0 Å². The third kappa shape index (κ3) is 3.63. The van der Waals surface area contributed by atoms with Crippen LogP contribution in [-0.2, 0) is 4.79 Å². The number of halogens is 1. The maximum Gasteiger partial charge on any atom is 0.274 e. The number of hydrogen-bond donors (Lipinski definition) is 2. The molecule has 3 N–H and O–H groups in total. The van der Waals surface area contributed by atoms with Gasteiger partial charge in [-0.3, -0.25) is 14.5 Å². The van der Waals surface area contributed by atoms with Crippen molar-refractivity contribution in [1.29, 1.82) is 0 Å². The van der Waals surface area contributed by atoms with E-state index < -0.39 is 17.8 Å². The predicted octanol–water partition coefficient (Wildman–Crippen LogP) is 1.69. The Labute approximate surface area is 143 Å². The SMILES string of the molecule is CN1C(=O)CC(c2cccc(NC(=O)c3ccc(F)cn3)c2)N=C1N. The Morgan fingerprint density at radius 1 is 1.36 bits per heavy atom. The molecule has 128 valence electrons. The first kappa shape index (κ1) is 16.6. The number of amides is 2. The van der Waals surface area contributed by atoms with Crippen LogP contribution >= 0.6 is 0 Å². The summed E-state index contributed by atoms with van der Waals surface area (Å²) in [6.07, 6.45) is 1.18. The van der Waals surface area contributed by atoms with E-state index in [4.69, 9.17) is 5.73 Å². The third-order valence-electron chi connectivity index (χ3n) is 3.86. The van der Waals surface area contributed by atoms with Crippen LogP contribution in [0.25, 0.3) is 0 Å². The summed E-state index contributed by atoms with van der Waals surface area (Å²) in [6.45, 7) is 0. The molecule has 0 saturated carbocycles. The first-order valence-electron chi connectivity index (χ1n) is 7.57. The highest BCUT2D eigenvalue weighted by Crippen LogP contribution is 2.27. The van der Waals surface area contributed by atoms with Crippen molar-refractivity contribution in [3.8, 4) is 0 Å². The van der Waals surface area contributed by atoms with E-state index in [-0.39, 0.29) is 24.0 Å². The van der Waals surface area contributed by atoms with Gasteiger partial charge in [-0.05, 0) is 29.8 Å². The summed E-state index contributed by atoms with van der Waals surface area (Å²) in [5.74, 6) is -0.936. The van der Waals surface area contributed by atoms with Crippen LogP contribution in [0.4, 0.5) is 10.1 Å². The van der Waals surface area contributed by atoms with Crippen LogP contribution in [-0.4, -0.2) is 34.7 Å². The molecule has 0 bridgehead atoms. The topological polar surface area (TPSA) is 101 Å². The molecule has 1 aliphatic heterocycles. The van der Waals surface area contributed by atoms with E-state index in [1.165, 1.54) is 17.0 Å². The summed E-state index contributed by atoms with van der Waals surface area (Å²) in [5, 5.41) is 2.69. The van der Waals surface area contributed by atoms with Gasteiger partial charge in [0.2, 0.25) is 5.91 Å². The lowest BCUT2D eigenvalue weighted by molar-refractivity contribution is -0.127. The minimum atomic E-state index is -0.513. The van der Waals surface area contributed by atoms with E-state index in [1.54, 1.807) is 25.2 Å². The number of nitrogens with zero attached hydrogens (tertiary/aromatic N) is 3. The molecule has 0 saturated heterocycles. The standard InChI is InChI=1S/C17H16FN5O2/c1-23-15(24)8-14(22-17(23)19)10-3-2-4-12(7-10)21-16(25)13-6-5-11(18)9-20-13/h2-7,9,14H,8H2,1H3,(H2,19,22)(H,21,25). The number of nitrogens with one attached hydrogen (secondary N) is 1. The number of rotatable bonds is 3. The second-order valence-electron chi connectivity index (χ2n) is 5.60. The predicted molar refractivity (Wildman–Crippen MR) is 90.3 cm³/mol. The second-order valence-corrected chi connectivity index (χ2v) is 5.60. The van der Waals surface area contributed by atoms with E-state index in [9.17, 15) is 14.0 Å². The lowest BCUT2D eigenvalue weighted by Gasteiger charge is -2.25. The van der Waals surface area contributed by atoms with E-state index >= 15 is 0 Å². The summed E-state index contributed by atoms with van der Waals surface area (Å²) in [6, 6.07) is 9.05. The zero-order valence-electron chi connectivity index (χ0n) is 13.4. The highest BCUT2D eigenvalue weighted by atomic mass is 19.1. The summed E-state index contributed by atoms with van der Waals surface area (Å²) in [4.78, 5) is 33.4. The molecule has 0 aliphatic carbocycles. The largest absolute Gasteiger partial charge is 0.369 e. The van der Waals surface area contributed by atoms with Crippen molar-refractivity contribution < 1.29 is 14.0 Å². The molecule has 25 heavy (non-hydrogen) atoms. The molecular weight excluding hydrogens is 325 g/mol. The van der Waals surface area contributed by atoms with Gasteiger partial charge in [0.05, 0.1) is 18.7 Å². The molecule has 2 aromatic rings. The highest BCUT2D eigenvalue weighted by Gasteiger charge is 2.25. The van der Waals surface area contributed by atoms with Gasteiger partial charge < -0.3 is 11.1 Å². The number of carbonyl (C=O) groups excluding carboxylic acids is 2. The average Bonchev–Trinajstić information content (AvgIpc) is 2.60. The van der Waals surface area contributed by atoms with Crippen molar-refractivity contribution in [1.82, 2.24) is 9.88 Å². The van der Waals surface area contributed by atoms with Gasteiger partial charge in [0, 0.05) is 12.7 Å². The van der Waals surface area contributed by atoms with Gasteiger partial charge in [-0.25, -0.2) is 14.4 Å². The van der Waals surface area contributed by atoms with E-state index in [0.717, 1.165) is 11.8 Å². The Morgan fingerprint density at radius 2 is 2.16 bits per heavy atom. The van der Waals surface area contributed by atoms with Crippen LogP contribution in [0.15, 0.2) is 47.6 Å². The third-order valence-corrected chi connectivity index (χ3v) is 3.86. The fourth-order valence-corrected chi connectivity index (χ4v) is 2.44. The number of aromatic nitrogens is 1. The number of guanidine groups is 1. The number of anilines is 1. The van der Waals surface area contributed by atoms with Crippen molar-refractivity contribution in [2.75, 3.05) is 12.4 Å². The molecule has 7 nitrogen and oxygen atoms in total. The van der Waals surface area contributed by atoms with Crippen molar-refractivity contribution in [2.24, 2.45) is 10.7 Å². The zero-order valence-corrected chi connectivity index (χ0v) is 13.4. The molecule has 1 aliphatic rings. The number of benzene rings is 1. The first-order chi connectivity index (χ1) is 11.9. The van der Waals surface area contributed by atoms with Gasteiger partial charge in [-0.15, -0.1) is 0 Å². The normalized spacial score (nSPS) is 17.2. The van der Waals surface area contributed by atoms with Crippen LogP contribution in [0.2, 0.25) is 0 Å². The first-order valence-corrected chi connectivity index (χ1v) is 7.57. The van der Waals surface area contributed by atoms with Crippen molar-refractivity contribution in [2.45, 2.75) is 12.5 Å². The van der Waals surface area contributed by atoms with Gasteiger partial charge >= 0.3 is 0 Å². The molecular formula is C17H16FN5O2. The quantitative estimate of drug-likeness (QED) is 0.887. The van der Waals surface area contributed by atoms with Gasteiger partial charge in [0.25, 0.3) is 5.91 Å². The minimum absolute atomic E-state index is 0.100. The number of hydrogen-bond acceptors (Lipinski definition) is 5. The van der Waals surface area contributed by atoms with Crippen molar-refractivity contribution in [3.05, 3.63) is 59.7 Å². The number of aliphatic imine (C=N–C) groups is 1. The maximum atomic E-state index is 12.9. The second kappa shape index (κ2) is 6.68. The highest BCUT2D eigenvalue weighted by molar-refractivity contribution is 6.03. The Bertz CT molecular complexity index is 850. The Hall–Kier alpha value is -3.29. The van der Waals surface area contributed by atoms with Gasteiger partial charge in [0.1, 0.15) is 11.5 Å². The molecule has 0 fully saturated rings. The summed E-state index contributed by atoms with van der Waals surface area (Å²) in [7, 11) is 1.57. The number of carbonyl (C=O) groups is 2. The fourth-order valence-electron chi connectivity index (χ4n) is 2.44. The monoisotopic (exact) mass is 341 g/mol. The number of nitrogens with two attached hydrogens (primary N) is 1. The molecule has 1 atom stereocenters. The summed E-state index contributed by atoms with van der Waals surface area (Å²) < 4.78 is 12.9. The molecule has 0 radical (unpaired) electrons. The molecule has 2 amide bonds. The van der Waals surface area contributed by atoms with Crippen molar-refractivity contribution >= 4 is 23.5 Å². The van der Waals surface area contributed by atoms with E-state index in [0.29, 0.717) is 5.69 Å². The number of pyridine rings is 1. The smallest absolute Gasteiger partial charge is 0.274 e. The van der Waals surface area contributed by atoms with Crippen LogP contribution in [0.1, 0.15) is 28.5 Å². The molecule has 3 rings (SSSR count). The van der Waals surface area contributed by atoms with Crippen LogP contribution in [0.5, 0.6) is 0 Å².